The SMILES string of the molecule is CN1C[C@@H](Cc2ccccc2)N[C@@]1(C)C(F)(F)F. The molecule has 1 N–H and O–H groups in total. The molecule has 1 heterocycles. The minimum atomic E-state index is -4.27. The Balaban J connectivity index is 2.08. The lowest BCUT2D eigenvalue weighted by atomic mass is 10.1. The summed E-state index contributed by atoms with van der Waals surface area (Å²) in [5, 5.41) is 2.71. The van der Waals surface area contributed by atoms with Crippen molar-refractivity contribution in [2.24, 2.45) is 0 Å². The summed E-state index contributed by atoms with van der Waals surface area (Å²) in [6.07, 6.45) is -3.66. The molecule has 0 amide bonds. The van der Waals surface area contributed by atoms with E-state index < -0.39 is 11.8 Å². The summed E-state index contributed by atoms with van der Waals surface area (Å²) in [5.74, 6) is 0. The van der Waals surface area contributed by atoms with Crippen molar-refractivity contribution in [1.29, 1.82) is 0 Å². The summed E-state index contributed by atoms with van der Waals surface area (Å²) in [6, 6.07) is 9.39. The molecule has 0 radical (unpaired) electrons. The van der Waals surface area contributed by atoms with Gasteiger partial charge in [0.15, 0.2) is 5.66 Å². The quantitative estimate of drug-likeness (QED) is 0.876. The zero-order chi connectivity index (χ0) is 13.4. The molecule has 0 saturated carbocycles. The highest BCUT2D eigenvalue weighted by Gasteiger charge is 2.58. The summed E-state index contributed by atoms with van der Waals surface area (Å²) in [6.45, 7) is 1.59. The second kappa shape index (κ2) is 4.55. The van der Waals surface area contributed by atoms with Crippen LogP contribution in [0.4, 0.5) is 13.2 Å². The lowest BCUT2D eigenvalue weighted by Gasteiger charge is -2.34. The molecular formula is C13H17F3N2. The highest BCUT2D eigenvalue weighted by molar-refractivity contribution is 5.17. The van der Waals surface area contributed by atoms with E-state index >= 15 is 0 Å². The Morgan fingerprint density at radius 1 is 1.33 bits per heavy atom. The van der Waals surface area contributed by atoms with E-state index in [-0.39, 0.29) is 6.04 Å². The van der Waals surface area contributed by atoms with Gasteiger partial charge >= 0.3 is 6.18 Å². The van der Waals surface area contributed by atoms with E-state index in [4.69, 9.17) is 0 Å². The van der Waals surface area contributed by atoms with Crippen LogP contribution in [0.2, 0.25) is 0 Å². The summed E-state index contributed by atoms with van der Waals surface area (Å²) < 4.78 is 39.0. The first-order valence-electron chi connectivity index (χ1n) is 5.92. The number of alkyl halides is 3. The molecule has 0 unspecified atom stereocenters. The Labute approximate surface area is 105 Å². The number of hydrogen-bond acceptors (Lipinski definition) is 2. The zero-order valence-electron chi connectivity index (χ0n) is 10.5. The maximum absolute atomic E-state index is 13.0. The van der Waals surface area contributed by atoms with Crippen molar-refractivity contribution < 1.29 is 13.2 Å². The first kappa shape index (κ1) is 13.4. The largest absolute Gasteiger partial charge is 0.419 e. The molecule has 5 heteroatoms. The number of halogens is 3. The molecule has 1 aliphatic rings. The van der Waals surface area contributed by atoms with Gasteiger partial charge in [-0.2, -0.15) is 13.2 Å². The van der Waals surface area contributed by atoms with E-state index in [0.717, 1.165) is 5.56 Å². The lowest BCUT2D eigenvalue weighted by molar-refractivity contribution is -0.221. The number of benzene rings is 1. The van der Waals surface area contributed by atoms with Crippen molar-refractivity contribution in [3.63, 3.8) is 0 Å². The number of hydrogen-bond donors (Lipinski definition) is 1. The van der Waals surface area contributed by atoms with Crippen molar-refractivity contribution in [2.75, 3.05) is 13.6 Å². The van der Waals surface area contributed by atoms with Gasteiger partial charge in [0, 0.05) is 12.6 Å². The van der Waals surface area contributed by atoms with Crippen LogP contribution < -0.4 is 5.32 Å². The maximum atomic E-state index is 13.0. The second-order valence-corrected chi connectivity index (χ2v) is 4.98. The highest BCUT2D eigenvalue weighted by atomic mass is 19.4. The fraction of sp³-hybridized carbons (Fsp3) is 0.538. The average molecular weight is 258 g/mol. The topological polar surface area (TPSA) is 15.3 Å². The molecule has 0 bridgehead atoms. The molecule has 0 spiro atoms. The molecule has 2 atom stereocenters. The van der Waals surface area contributed by atoms with Crippen LogP contribution >= 0.6 is 0 Å². The van der Waals surface area contributed by atoms with Crippen LogP contribution in [0, 0.1) is 0 Å². The van der Waals surface area contributed by atoms with Gasteiger partial charge in [0.2, 0.25) is 0 Å². The van der Waals surface area contributed by atoms with Crippen molar-refractivity contribution in [3.8, 4) is 0 Å². The van der Waals surface area contributed by atoms with Gasteiger partial charge in [-0.1, -0.05) is 30.3 Å². The Kier molecular flexibility index (Phi) is 3.38. The third kappa shape index (κ3) is 2.37. The predicted molar refractivity (Wildman–Crippen MR) is 64.2 cm³/mol. The molecule has 1 fully saturated rings. The van der Waals surface area contributed by atoms with Gasteiger partial charge in [0.05, 0.1) is 0 Å². The van der Waals surface area contributed by atoms with Crippen LogP contribution in [-0.2, 0) is 6.42 Å². The van der Waals surface area contributed by atoms with Crippen molar-refractivity contribution in [2.45, 2.75) is 31.2 Å². The number of likely N-dealkylation sites (N-methyl/N-ethyl adjacent to an activating group) is 1. The van der Waals surface area contributed by atoms with E-state index in [2.05, 4.69) is 5.32 Å². The van der Waals surface area contributed by atoms with Crippen LogP contribution in [0.5, 0.6) is 0 Å². The smallest absolute Gasteiger partial charge is 0.287 e. The lowest BCUT2D eigenvalue weighted by Crippen LogP contribution is -2.59. The molecule has 0 aliphatic carbocycles. The Morgan fingerprint density at radius 3 is 2.44 bits per heavy atom. The number of nitrogens with one attached hydrogen (secondary N) is 1. The fourth-order valence-electron chi connectivity index (χ4n) is 2.38. The Morgan fingerprint density at radius 2 is 1.94 bits per heavy atom. The fourth-order valence-corrected chi connectivity index (χ4v) is 2.38. The maximum Gasteiger partial charge on any atom is 0.419 e. The van der Waals surface area contributed by atoms with Crippen LogP contribution in [0.3, 0.4) is 0 Å². The summed E-state index contributed by atoms with van der Waals surface area (Å²) in [4.78, 5) is 1.33. The van der Waals surface area contributed by atoms with Crippen LogP contribution in [0.15, 0.2) is 30.3 Å². The molecule has 1 aromatic rings. The molecule has 1 saturated heterocycles. The van der Waals surface area contributed by atoms with E-state index in [9.17, 15) is 13.2 Å². The molecule has 1 aromatic carbocycles. The standard InChI is InChI=1S/C13H17F3N2/c1-12(13(14,15)16)17-11(9-18(12)2)8-10-6-4-3-5-7-10/h3-7,11,17H,8-9H2,1-2H3/t11-,12-/m1/s1. The van der Waals surface area contributed by atoms with Crippen molar-refractivity contribution in [3.05, 3.63) is 35.9 Å². The minimum Gasteiger partial charge on any atom is -0.287 e. The van der Waals surface area contributed by atoms with Crippen molar-refractivity contribution in [1.82, 2.24) is 10.2 Å². The summed E-state index contributed by atoms with van der Waals surface area (Å²) >= 11 is 0. The van der Waals surface area contributed by atoms with E-state index in [1.807, 2.05) is 30.3 Å². The molecule has 1 aliphatic heterocycles. The van der Waals surface area contributed by atoms with E-state index in [1.54, 1.807) is 0 Å². The van der Waals surface area contributed by atoms with Crippen LogP contribution in [0.1, 0.15) is 12.5 Å². The normalized spacial score (nSPS) is 29.7. The van der Waals surface area contributed by atoms with E-state index in [1.165, 1.54) is 18.9 Å². The molecular weight excluding hydrogens is 241 g/mol. The third-order valence-corrected chi connectivity index (χ3v) is 3.62. The monoisotopic (exact) mass is 258 g/mol. The molecule has 2 nitrogen and oxygen atoms in total. The van der Waals surface area contributed by atoms with Crippen LogP contribution in [-0.4, -0.2) is 36.4 Å². The predicted octanol–water partition coefficient (Wildman–Crippen LogP) is 2.41. The number of nitrogens with zero attached hydrogens (tertiary/aromatic N) is 1. The molecule has 2 rings (SSSR count). The molecule has 18 heavy (non-hydrogen) atoms. The minimum absolute atomic E-state index is 0.177. The highest BCUT2D eigenvalue weighted by Crippen LogP contribution is 2.36. The van der Waals surface area contributed by atoms with Crippen molar-refractivity contribution >= 4 is 0 Å². The zero-order valence-corrected chi connectivity index (χ0v) is 10.5. The number of rotatable bonds is 2. The molecule has 0 aromatic heterocycles. The average Bonchev–Trinajstić information content (AvgIpc) is 2.56. The van der Waals surface area contributed by atoms with E-state index in [0.29, 0.717) is 13.0 Å². The van der Waals surface area contributed by atoms with Gasteiger partial charge in [0.1, 0.15) is 0 Å². The third-order valence-electron chi connectivity index (χ3n) is 3.62. The Hall–Kier alpha value is -1.07. The molecule has 100 valence electrons. The first-order valence-corrected chi connectivity index (χ1v) is 5.92. The van der Waals surface area contributed by atoms with Gasteiger partial charge in [-0.15, -0.1) is 0 Å². The van der Waals surface area contributed by atoms with Gasteiger partial charge < -0.3 is 0 Å². The first-order chi connectivity index (χ1) is 8.33. The second-order valence-electron chi connectivity index (χ2n) is 4.98. The summed E-state index contributed by atoms with van der Waals surface area (Å²) in [7, 11) is 1.51. The van der Waals surface area contributed by atoms with Crippen LogP contribution in [0.25, 0.3) is 0 Å². The van der Waals surface area contributed by atoms with Gasteiger partial charge in [0.25, 0.3) is 0 Å². The van der Waals surface area contributed by atoms with Gasteiger partial charge in [-0.3, -0.25) is 10.2 Å². The van der Waals surface area contributed by atoms with Gasteiger partial charge in [-0.25, -0.2) is 0 Å². The summed E-state index contributed by atoms with van der Waals surface area (Å²) in [5.41, 5.74) is -0.873. The Bertz CT molecular complexity index is 404. The van der Waals surface area contributed by atoms with Gasteiger partial charge in [-0.05, 0) is 26.0 Å².